The van der Waals surface area contributed by atoms with Gasteiger partial charge in [-0.05, 0) is 19.4 Å². The molecule has 0 bridgehead atoms. The lowest BCUT2D eigenvalue weighted by atomic mass is 10.1. The maximum absolute atomic E-state index is 10.7. The zero-order chi connectivity index (χ0) is 14.3. The molecule has 1 unspecified atom stereocenters. The summed E-state index contributed by atoms with van der Waals surface area (Å²) in [5, 5.41) is 22.9. The molecular weight excluding hydrogens is 242 g/mol. The number of benzene rings is 1. The lowest BCUT2D eigenvalue weighted by molar-refractivity contribution is -0.384. The monoisotopic (exact) mass is 261 g/mol. The van der Waals surface area contributed by atoms with Gasteiger partial charge < -0.3 is 5.32 Å². The van der Waals surface area contributed by atoms with E-state index in [1.54, 1.807) is 6.07 Å². The van der Waals surface area contributed by atoms with Crippen molar-refractivity contribution in [3.63, 3.8) is 0 Å². The highest BCUT2D eigenvalue weighted by molar-refractivity contribution is 5.61. The van der Waals surface area contributed by atoms with Crippen molar-refractivity contribution in [2.45, 2.75) is 45.6 Å². The number of nitro groups is 1. The van der Waals surface area contributed by atoms with Crippen LogP contribution in [0.25, 0.3) is 0 Å². The second-order valence-corrected chi connectivity index (χ2v) is 4.64. The Morgan fingerprint density at radius 2 is 2.21 bits per heavy atom. The fourth-order valence-electron chi connectivity index (χ4n) is 1.90. The van der Waals surface area contributed by atoms with Crippen LogP contribution < -0.4 is 5.32 Å². The fraction of sp³-hybridized carbons (Fsp3) is 0.500. The second kappa shape index (κ2) is 7.37. The van der Waals surface area contributed by atoms with Gasteiger partial charge in [0.2, 0.25) is 0 Å². The number of nitrogens with one attached hydrogen (secondary N) is 1. The summed E-state index contributed by atoms with van der Waals surface area (Å²) in [5.74, 6) is 0. The summed E-state index contributed by atoms with van der Waals surface area (Å²) in [5.41, 5.74) is 0.925. The van der Waals surface area contributed by atoms with Crippen molar-refractivity contribution in [3.8, 4) is 6.07 Å². The molecule has 0 saturated carbocycles. The Bertz CT molecular complexity index is 480. The van der Waals surface area contributed by atoms with E-state index >= 15 is 0 Å². The van der Waals surface area contributed by atoms with Gasteiger partial charge in [0, 0.05) is 18.2 Å². The largest absolute Gasteiger partial charge is 0.382 e. The minimum Gasteiger partial charge on any atom is -0.382 e. The number of anilines is 1. The van der Waals surface area contributed by atoms with Gasteiger partial charge in [0.1, 0.15) is 6.07 Å². The van der Waals surface area contributed by atoms with Gasteiger partial charge >= 0.3 is 0 Å². The van der Waals surface area contributed by atoms with Crippen LogP contribution in [0, 0.1) is 21.4 Å². The van der Waals surface area contributed by atoms with Crippen molar-refractivity contribution in [2.75, 3.05) is 5.32 Å². The topological polar surface area (TPSA) is 79.0 Å². The normalized spacial score (nSPS) is 11.6. The zero-order valence-corrected chi connectivity index (χ0v) is 11.3. The molecule has 0 spiro atoms. The van der Waals surface area contributed by atoms with Gasteiger partial charge in [0.25, 0.3) is 5.69 Å². The molecule has 19 heavy (non-hydrogen) atoms. The molecule has 0 radical (unpaired) electrons. The average molecular weight is 261 g/mol. The summed E-state index contributed by atoms with van der Waals surface area (Å²) < 4.78 is 0. The van der Waals surface area contributed by atoms with E-state index in [1.807, 2.05) is 6.07 Å². The van der Waals surface area contributed by atoms with Crippen LogP contribution >= 0.6 is 0 Å². The quantitative estimate of drug-likeness (QED) is 0.459. The van der Waals surface area contributed by atoms with Gasteiger partial charge in [-0.3, -0.25) is 10.1 Å². The molecule has 102 valence electrons. The van der Waals surface area contributed by atoms with E-state index in [2.05, 4.69) is 19.2 Å². The lowest BCUT2D eigenvalue weighted by Gasteiger charge is -2.15. The van der Waals surface area contributed by atoms with Gasteiger partial charge in [-0.2, -0.15) is 5.26 Å². The van der Waals surface area contributed by atoms with Crippen LogP contribution in [0.15, 0.2) is 18.2 Å². The van der Waals surface area contributed by atoms with E-state index in [0.717, 1.165) is 12.8 Å². The number of nitriles is 1. The van der Waals surface area contributed by atoms with Crippen LogP contribution in [-0.4, -0.2) is 11.0 Å². The van der Waals surface area contributed by atoms with E-state index < -0.39 is 4.92 Å². The Labute approximate surface area is 113 Å². The van der Waals surface area contributed by atoms with Crippen LogP contribution in [-0.2, 0) is 0 Å². The minimum absolute atomic E-state index is 0.0549. The standard InChI is InChI=1S/C14H19N3O2/c1-3-4-5-6-11(2)16-14-8-7-13(17(18)19)9-12(14)10-15/h7-9,11,16H,3-6H2,1-2H3. The Hall–Kier alpha value is -2.09. The van der Waals surface area contributed by atoms with Crippen LogP contribution in [0.2, 0.25) is 0 Å². The van der Waals surface area contributed by atoms with E-state index in [1.165, 1.54) is 25.0 Å². The molecule has 0 aliphatic carbocycles. The van der Waals surface area contributed by atoms with Crippen molar-refractivity contribution in [1.82, 2.24) is 0 Å². The lowest BCUT2D eigenvalue weighted by Crippen LogP contribution is -2.15. The SMILES string of the molecule is CCCCCC(C)Nc1ccc([N+](=O)[O-])cc1C#N. The van der Waals surface area contributed by atoms with E-state index in [4.69, 9.17) is 5.26 Å². The molecule has 0 saturated heterocycles. The first-order valence-corrected chi connectivity index (χ1v) is 6.53. The van der Waals surface area contributed by atoms with Gasteiger partial charge in [-0.25, -0.2) is 0 Å². The molecule has 0 aliphatic rings. The second-order valence-electron chi connectivity index (χ2n) is 4.64. The third kappa shape index (κ3) is 4.59. The molecule has 0 aromatic heterocycles. The first-order chi connectivity index (χ1) is 9.08. The minimum atomic E-state index is -0.491. The maximum Gasteiger partial charge on any atom is 0.270 e. The summed E-state index contributed by atoms with van der Waals surface area (Å²) in [6.45, 7) is 4.21. The molecule has 0 amide bonds. The third-order valence-electron chi connectivity index (χ3n) is 2.98. The van der Waals surface area contributed by atoms with Gasteiger partial charge in [0.05, 0.1) is 16.2 Å². The molecular formula is C14H19N3O2. The molecule has 0 aliphatic heterocycles. The molecule has 5 heteroatoms. The van der Waals surface area contributed by atoms with Crippen LogP contribution in [0.5, 0.6) is 0 Å². The number of unbranched alkanes of at least 4 members (excludes halogenated alkanes) is 2. The number of non-ortho nitro benzene ring substituents is 1. The number of hydrogen-bond donors (Lipinski definition) is 1. The summed E-state index contributed by atoms with van der Waals surface area (Å²) in [7, 11) is 0. The Morgan fingerprint density at radius 1 is 1.47 bits per heavy atom. The van der Waals surface area contributed by atoms with E-state index in [9.17, 15) is 10.1 Å². The van der Waals surface area contributed by atoms with Crippen LogP contribution in [0.1, 0.15) is 45.1 Å². The number of hydrogen-bond acceptors (Lipinski definition) is 4. The predicted molar refractivity (Wildman–Crippen MR) is 75.0 cm³/mol. The molecule has 0 fully saturated rings. The van der Waals surface area contributed by atoms with Crippen molar-refractivity contribution < 1.29 is 4.92 Å². The van der Waals surface area contributed by atoms with E-state index in [-0.39, 0.29) is 11.7 Å². The number of nitro benzene ring substituents is 1. The Balaban J connectivity index is 2.73. The van der Waals surface area contributed by atoms with Gasteiger partial charge in [-0.15, -0.1) is 0 Å². The molecule has 0 heterocycles. The van der Waals surface area contributed by atoms with Gasteiger partial charge in [0.15, 0.2) is 0 Å². The Morgan fingerprint density at radius 3 is 2.79 bits per heavy atom. The highest BCUT2D eigenvalue weighted by Gasteiger charge is 2.12. The summed E-state index contributed by atoms with van der Waals surface area (Å²) in [6, 6.07) is 6.58. The molecule has 1 aromatic rings. The third-order valence-corrected chi connectivity index (χ3v) is 2.98. The zero-order valence-electron chi connectivity index (χ0n) is 11.3. The summed E-state index contributed by atoms with van der Waals surface area (Å²) in [6.07, 6.45) is 4.53. The van der Waals surface area contributed by atoms with Crippen LogP contribution in [0.4, 0.5) is 11.4 Å². The molecule has 1 N–H and O–H groups in total. The predicted octanol–water partition coefficient (Wildman–Crippen LogP) is 3.85. The summed E-state index contributed by atoms with van der Waals surface area (Å²) in [4.78, 5) is 10.2. The molecule has 1 rings (SSSR count). The number of rotatable bonds is 7. The van der Waals surface area contributed by atoms with Gasteiger partial charge in [-0.1, -0.05) is 26.2 Å². The van der Waals surface area contributed by atoms with E-state index in [0.29, 0.717) is 11.3 Å². The highest BCUT2D eigenvalue weighted by Crippen LogP contribution is 2.22. The number of nitrogens with zero attached hydrogens (tertiary/aromatic N) is 2. The highest BCUT2D eigenvalue weighted by atomic mass is 16.6. The average Bonchev–Trinajstić information content (AvgIpc) is 2.39. The molecule has 1 aromatic carbocycles. The van der Waals surface area contributed by atoms with Crippen molar-refractivity contribution in [1.29, 1.82) is 5.26 Å². The first kappa shape index (κ1) is 15.0. The molecule has 1 atom stereocenters. The van der Waals surface area contributed by atoms with Crippen molar-refractivity contribution in [2.24, 2.45) is 0 Å². The fourth-order valence-corrected chi connectivity index (χ4v) is 1.90. The van der Waals surface area contributed by atoms with Crippen molar-refractivity contribution in [3.05, 3.63) is 33.9 Å². The maximum atomic E-state index is 10.7. The first-order valence-electron chi connectivity index (χ1n) is 6.53. The molecule has 5 nitrogen and oxygen atoms in total. The van der Waals surface area contributed by atoms with Crippen LogP contribution in [0.3, 0.4) is 0 Å². The summed E-state index contributed by atoms with van der Waals surface area (Å²) >= 11 is 0. The Kier molecular flexibility index (Phi) is 5.80. The smallest absolute Gasteiger partial charge is 0.270 e. The van der Waals surface area contributed by atoms with Crippen molar-refractivity contribution >= 4 is 11.4 Å².